The van der Waals surface area contributed by atoms with Crippen LogP contribution < -0.4 is 14.8 Å². The van der Waals surface area contributed by atoms with Crippen molar-refractivity contribution in [3.05, 3.63) is 23.8 Å². The third-order valence-corrected chi connectivity index (χ3v) is 5.79. The number of nitrogens with one attached hydrogen (secondary N) is 1. The van der Waals surface area contributed by atoms with Gasteiger partial charge in [-0.25, -0.2) is 0 Å². The normalized spacial score (nSPS) is 22.0. The zero-order chi connectivity index (χ0) is 19.9. The van der Waals surface area contributed by atoms with E-state index in [9.17, 15) is 0 Å². The van der Waals surface area contributed by atoms with Crippen LogP contribution in [0.3, 0.4) is 0 Å². The Hall–Kier alpha value is -1.26. The summed E-state index contributed by atoms with van der Waals surface area (Å²) in [6, 6.07) is 6.12. The molecule has 0 amide bonds. The standard InChI is InChI=1S/C23H39NO3/c1-18(2)9-10-23(12-14-27-22(3,4)17-23)11-13-24-16-19-7-8-20(25-5)21(15-19)26-6/h7-8,15,18,24H,9-14,16-17H2,1-6H3/t23-/m1/s1. The molecule has 1 saturated heterocycles. The van der Waals surface area contributed by atoms with Crippen LogP contribution in [0.25, 0.3) is 0 Å². The summed E-state index contributed by atoms with van der Waals surface area (Å²) in [5, 5.41) is 3.64. The molecule has 1 atom stereocenters. The Morgan fingerprint density at radius 1 is 1.11 bits per heavy atom. The number of hydrogen-bond donors (Lipinski definition) is 1. The molecule has 27 heavy (non-hydrogen) atoms. The van der Waals surface area contributed by atoms with Gasteiger partial charge in [0.15, 0.2) is 11.5 Å². The van der Waals surface area contributed by atoms with Crippen molar-refractivity contribution >= 4 is 0 Å². The molecule has 4 heteroatoms. The van der Waals surface area contributed by atoms with Crippen LogP contribution in [0, 0.1) is 11.3 Å². The second-order valence-electron chi connectivity index (χ2n) is 9.08. The van der Waals surface area contributed by atoms with Crippen LogP contribution >= 0.6 is 0 Å². The van der Waals surface area contributed by atoms with Gasteiger partial charge in [-0.1, -0.05) is 26.3 Å². The van der Waals surface area contributed by atoms with E-state index in [0.717, 1.165) is 43.5 Å². The summed E-state index contributed by atoms with van der Waals surface area (Å²) in [5.41, 5.74) is 1.62. The Balaban J connectivity index is 1.91. The zero-order valence-electron chi connectivity index (χ0n) is 18.2. The van der Waals surface area contributed by atoms with Crippen LogP contribution in [0.1, 0.15) is 65.4 Å². The first kappa shape index (κ1) is 22.0. The average Bonchev–Trinajstić information content (AvgIpc) is 2.62. The van der Waals surface area contributed by atoms with E-state index in [0.29, 0.717) is 5.41 Å². The highest BCUT2D eigenvalue weighted by atomic mass is 16.5. The number of methoxy groups -OCH3 is 2. The van der Waals surface area contributed by atoms with Crippen molar-refractivity contribution in [2.75, 3.05) is 27.4 Å². The van der Waals surface area contributed by atoms with Crippen LogP contribution in [-0.4, -0.2) is 33.0 Å². The van der Waals surface area contributed by atoms with Gasteiger partial charge in [0.2, 0.25) is 0 Å². The predicted molar refractivity (Wildman–Crippen MR) is 112 cm³/mol. The molecule has 1 N–H and O–H groups in total. The molecule has 154 valence electrons. The monoisotopic (exact) mass is 377 g/mol. The van der Waals surface area contributed by atoms with Crippen LogP contribution in [0.4, 0.5) is 0 Å². The second kappa shape index (κ2) is 9.79. The van der Waals surface area contributed by atoms with Gasteiger partial charge in [-0.15, -0.1) is 0 Å². The van der Waals surface area contributed by atoms with Gasteiger partial charge in [-0.3, -0.25) is 0 Å². The first-order valence-corrected chi connectivity index (χ1v) is 10.3. The lowest BCUT2D eigenvalue weighted by Crippen LogP contribution is -2.42. The van der Waals surface area contributed by atoms with E-state index in [1.165, 1.54) is 31.2 Å². The lowest BCUT2D eigenvalue weighted by atomic mass is 9.68. The minimum Gasteiger partial charge on any atom is -0.493 e. The van der Waals surface area contributed by atoms with Gasteiger partial charge in [0, 0.05) is 13.2 Å². The second-order valence-corrected chi connectivity index (χ2v) is 9.08. The number of hydrogen-bond acceptors (Lipinski definition) is 4. The van der Waals surface area contributed by atoms with Crippen molar-refractivity contribution in [1.29, 1.82) is 0 Å². The highest BCUT2D eigenvalue weighted by molar-refractivity contribution is 5.42. The lowest BCUT2D eigenvalue weighted by Gasteiger charge is -2.45. The SMILES string of the molecule is COc1ccc(CNCC[C@]2(CCC(C)C)CCOC(C)(C)C2)cc1OC. The van der Waals surface area contributed by atoms with Crippen molar-refractivity contribution in [1.82, 2.24) is 5.32 Å². The third-order valence-electron chi connectivity index (χ3n) is 5.79. The summed E-state index contributed by atoms with van der Waals surface area (Å²) in [6.07, 6.45) is 6.15. The summed E-state index contributed by atoms with van der Waals surface area (Å²) < 4.78 is 16.7. The van der Waals surface area contributed by atoms with Gasteiger partial charge in [0.1, 0.15) is 0 Å². The van der Waals surface area contributed by atoms with Crippen LogP contribution in [0.5, 0.6) is 11.5 Å². The maximum Gasteiger partial charge on any atom is 0.161 e. The molecule has 1 aliphatic rings. The molecule has 0 radical (unpaired) electrons. The largest absolute Gasteiger partial charge is 0.493 e. The molecule has 1 fully saturated rings. The van der Waals surface area contributed by atoms with Gasteiger partial charge in [-0.2, -0.15) is 0 Å². The molecule has 2 rings (SSSR count). The summed E-state index contributed by atoms with van der Waals surface area (Å²) >= 11 is 0. The fourth-order valence-electron chi connectivity index (χ4n) is 4.31. The van der Waals surface area contributed by atoms with E-state index in [-0.39, 0.29) is 5.60 Å². The Bertz CT molecular complexity index is 585. The highest BCUT2D eigenvalue weighted by Gasteiger charge is 2.40. The smallest absolute Gasteiger partial charge is 0.161 e. The molecule has 1 aromatic carbocycles. The molecule has 1 aromatic rings. The van der Waals surface area contributed by atoms with Gasteiger partial charge in [0.25, 0.3) is 0 Å². The fraction of sp³-hybridized carbons (Fsp3) is 0.739. The fourth-order valence-corrected chi connectivity index (χ4v) is 4.31. The summed E-state index contributed by atoms with van der Waals surface area (Å²) in [6.45, 7) is 11.9. The Labute approximate surface area is 166 Å². The average molecular weight is 378 g/mol. The molecule has 0 bridgehead atoms. The Morgan fingerprint density at radius 2 is 1.85 bits per heavy atom. The van der Waals surface area contributed by atoms with Crippen molar-refractivity contribution in [3.8, 4) is 11.5 Å². The molecular weight excluding hydrogens is 338 g/mol. The first-order valence-electron chi connectivity index (χ1n) is 10.3. The molecular formula is C23H39NO3. The van der Waals surface area contributed by atoms with E-state index in [4.69, 9.17) is 14.2 Å². The quantitative estimate of drug-likeness (QED) is 0.569. The molecule has 0 saturated carbocycles. The van der Waals surface area contributed by atoms with Gasteiger partial charge in [0.05, 0.1) is 19.8 Å². The van der Waals surface area contributed by atoms with Gasteiger partial charge in [-0.05, 0) is 75.1 Å². The Kier molecular flexibility index (Phi) is 7.99. The van der Waals surface area contributed by atoms with Crippen molar-refractivity contribution in [2.45, 2.75) is 71.9 Å². The molecule has 0 unspecified atom stereocenters. The Morgan fingerprint density at radius 3 is 2.48 bits per heavy atom. The molecule has 1 heterocycles. The molecule has 0 aliphatic carbocycles. The maximum absolute atomic E-state index is 6.00. The molecule has 0 spiro atoms. The maximum atomic E-state index is 6.00. The minimum atomic E-state index is -0.00141. The third kappa shape index (κ3) is 6.69. The summed E-state index contributed by atoms with van der Waals surface area (Å²) in [5.74, 6) is 2.32. The zero-order valence-corrected chi connectivity index (χ0v) is 18.2. The van der Waals surface area contributed by atoms with E-state index < -0.39 is 0 Å². The van der Waals surface area contributed by atoms with Crippen LogP contribution in [0.2, 0.25) is 0 Å². The van der Waals surface area contributed by atoms with E-state index >= 15 is 0 Å². The van der Waals surface area contributed by atoms with Crippen molar-refractivity contribution < 1.29 is 14.2 Å². The topological polar surface area (TPSA) is 39.7 Å². The van der Waals surface area contributed by atoms with Gasteiger partial charge < -0.3 is 19.5 Å². The van der Waals surface area contributed by atoms with E-state index in [1.807, 2.05) is 6.07 Å². The van der Waals surface area contributed by atoms with Gasteiger partial charge >= 0.3 is 0 Å². The first-order chi connectivity index (χ1) is 12.8. The minimum absolute atomic E-state index is 0.00141. The van der Waals surface area contributed by atoms with Crippen LogP contribution in [-0.2, 0) is 11.3 Å². The molecule has 4 nitrogen and oxygen atoms in total. The highest BCUT2D eigenvalue weighted by Crippen LogP contribution is 2.45. The number of ether oxygens (including phenoxy) is 3. The van der Waals surface area contributed by atoms with E-state index in [2.05, 4.69) is 45.1 Å². The van der Waals surface area contributed by atoms with E-state index in [1.54, 1.807) is 14.2 Å². The predicted octanol–water partition coefficient (Wildman–Crippen LogP) is 5.20. The number of benzene rings is 1. The summed E-state index contributed by atoms with van der Waals surface area (Å²) in [7, 11) is 3.35. The summed E-state index contributed by atoms with van der Waals surface area (Å²) in [4.78, 5) is 0. The van der Waals surface area contributed by atoms with Crippen molar-refractivity contribution in [3.63, 3.8) is 0 Å². The number of rotatable bonds is 10. The van der Waals surface area contributed by atoms with Crippen LogP contribution in [0.15, 0.2) is 18.2 Å². The molecule has 1 aliphatic heterocycles. The lowest BCUT2D eigenvalue weighted by molar-refractivity contribution is -0.110. The molecule has 0 aromatic heterocycles. The van der Waals surface area contributed by atoms with Crippen molar-refractivity contribution in [2.24, 2.45) is 11.3 Å².